The molecule has 0 radical (unpaired) electrons. The first kappa shape index (κ1) is 18.8. The summed E-state index contributed by atoms with van der Waals surface area (Å²) in [7, 11) is 0. The van der Waals surface area contributed by atoms with Crippen molar-refractivity contribution >= 4 is 11.9 Å². The molecule has 1 amide bonds. The topological polar surface area (TPSA) is 79.5 Å². The number of carbonyl (C=O) groups excluding carboxylic acids is 1. The molecule has 0 aliphatic rings. The molecule has 0 saturated heterocycles. The average Bonchev–Trinajstić information content (AvgIpc) is 2.89. The molecule has 0 atom stereocenters. The maximum Gasteiger partial charge on any atom is 0.303 e. The van der Waals surface area contributed by atoms with Crippen molar-refractivity contribution in [2.75, 3.05) is 6.54 Å². The van der Waals surface area contributed by atoms with E-state index in [1.165, 1.54) is 0 Å². The molecule has 2 aromatic rings. The van der Waals surface area contributed by atoms with Crippen LogP contribution in [0.15, 0.2) is 34.7 Å². The number of rotatable bonds is 9. The lowest BCUT2D eigenvalue weighted by Gasteiger charge is -2.07. The van der Waals surface area contributed by atoms with Crippen molar-refractivity contribution < 1.29 is 19.1 Å². The first-order valence-corrected chi connectivity index (χ1v) is 8.66. The van der Waals surface area contributed by atoms with E-state index in [0.717, 1.165) is 36.1 Å². The van der Waals surface area contributed by atoms with Gasteiger partial charge in [-0.1, -0.05) is 43.2 Å². The summed E-state index contributed by atoms with van der Waals surface area (Å²) in [5.74, 6) is 0.471. The highest BCUT2D eigenvalue weighted by Crippen LogP contribution is 2.30. The van der Waals surface area contributed by atoms with E-state index < -0.39 is 5.97 Å². The SMILES string of the molecule is Cc1oc(-c2ccccc2)c(C(=O)NCCCCCCC(=O)O)c1C. The molecule has 5 nitrogen and oxygen atoms in total. The number of amides is 1. The van der Waals surface area contributed by atoms with E-state index in [-0.39, 0.29) is 12.3 Å². The Morgan fingerprint density at radius 2 is 1.72 bits per heavy atom. The average molecular weight is 343 g/mol. The van der Waals surface area contributed by atoms with Gasteiger partial charge < -0.3 is 14.8 Å². The van der Waals surface area contributed by atoms with Gasteiger partial charge in [-0.15, -0.1) is 0 Å². The number of carboxylic acid groups (broad SMARTS) is 1. The van der Waals surface area contributed by atoms with E-state index in [2.05, 4.69) is 5.32 Å². The van der Waals surface area contributed by atoms with Crippen LogP contribution in [0.5, 0.6) is 0 Å². The van der Waals surface area contributed by atoms with Crippen LogP contribution in [0, 0.1) is 13.8 Å². The third-order valence-corrected chi connectivity index (χ3v) is 4.25. The number of aryl methyl sites for hydroxylation is 1. The second kappa shape index (κ2) is 9.06. The fourth-order valence-corrected chi connectivity index (χ4v) is 2.74. The molecule has 134 valence electrons. The lowest BCUT2D eigenvalue weighted by molar-refractivity contribution is -0.137. The maximum atomic E-state index is 12.6. The van der Waals surface area contributed by atoms with E-state index in [9.17, 15) is 9.59 Å². The summed E-state index contributed by atoms with van der Waals surface area (Å²) < 4.78 is 5.82. The molecular weight excluding hydrogens is 318 g/mol. The summed E-state index contributed by atoms with van der Waals surface area (Å²) in [5.41, 5.74) is 2.34. The predicted molar refractivity (Wildman–Crippen MR) is 96.7 cm³/mol. The molecule has 0 spiro atoms. The van der Waals surface area contributed by atoms with Crippen LogP contribution in [0.25, 0.3) is 11.3 Å². The lowest BCUT2D eigenvalue weighted by atomic mass is 10.0. The second-order valence-electron chi connectivity index (χ2n) is 6.17. The monoisotopic (exact) mass is 343 g/mol. The first-order valence-electron chi connectivity index (χ1n) is 8.66. The van der Waals surface area contributed by atoms with Crippen LogP contribution in [0.4, 0.5) is 0 Å². The highest BCUT2D eigenvalue weighted by Gasteiger charge is 2.21. The fraction of sp³-hybridized carbons (Fsp3) is 0.400. The molecule has 0 aliphatic carbocycles. The highest BCUT2D eigenvalue weighted by atomic mass is 16.4. The lowest BCUT2D eigenvalue weighted by Crippen LogP contribution is -2.25. The Hall–Kier alpha value is -2.56. The number of carbonyl (C=O) groups is 2. The Labute approximate surface area is 148 Å². The van der Waals surface area contributed by atoms with Gasteiger partial charge >= 0.3 is 5.97 Å². The molecule has 2 rings (SSSR count). The van der Waals surface area contributed by atoms with Crippen molar-refractivity contribution in [3.63, 3.8) is 0 Å². The number of hydrogen-bond acceptors (Lipinski definition) is 3. The standard InChI is InChI=1S/C20H25NO4/c1-14-15(2)25-19(16-10-6-5-7-11-16)18(14)20(24)21-13-9-4-3-8-12-17(22)23/h5-7,10-11H,3-4,8-9,12-13H2,1-2H3,(H,21,24)(H,22,23). The van der Waals surface area contributed by atoms with E-state index in [4.69, 9.17) is 9.52 Å². The summed E-state index contributed by atoms with van der Waals surface area (Å²) in [6.07, 6.45) is 3.49. The molecule has 2 N–H and O–H groups in total. The van der Waals surface area contributed by atoms with Crippen LogP contribution in [0.1, 0.15) is 53.8 Å². The van der Waals surface area contributed by atoms with Gasteiger partial charge in [-0.2, -0.15) is 0 Å². The van der Waals surface area contributed by atoms with Gasteiger partial charge in [-0.25, -0.2) is 0 Å². The fourth-order valence-electron chi connectivity index (χ4n) is 2.74. The third-order valence-electron chi connectivity index (χ3n) is 4.25. The molecule has 25 heavy (non-hydrogen) atoms. The van der Waals surface area contributed by atoms with Crippen LogP contribution in [0.3, 0.4) is 0 Å². The van der Waals surface area contributed by atoms with E-state index in [1.54, 1.807) is 0 Å². The number of aliphatic carboxylic acids is 1. The Morgan fingerprint density at radius 3 is 2.40 bits per heavy atom. The van der Waals surface area contributed by atoms with Crippen molar-refractivity contribution in [2.24, 2.45) is 0 Å². The number of benzene rings is 1. The van der Waals surface area contributed by atoms with Gasteiger partial charge in [0.1, 0.15) is 11.5 Å². The van der Waals surface area contributed by atoms with Gasteiger partial charge in [0.15, 0.2) is 0 Å². The molecule has 0 saturated carbocycles. The number of carboxylic acids is 1. The number of hydrogen-bond donors (Lipinski definition) is 2. The van der Waals surface area contributed by atoms with Gasteiger partial charge in [-0.05, 0) is 26.7 Å². The summed E-state index contributed by atoms with van der Waals surface area (Å²) in [5, 5.41) is 11.5. The predicted octanol–water partition coefficient (Wildman–Crippen LogP) is 4.33. The molecule has 0 aliphatic heterocycles. The minimum atomic E-state index is -0.757. The zero-order valence-corrected chi connectivity index (χ0v) is 14.8. The Morgan fingerprint density at radius 1 is 1.04 bits per heavy atom. The van der Waals surface area contributed by atoms with Crippen molar-refractivity contribution in [3.8, 4) is 11.3 Å². The molecule has 0 fully saturated rings. The molecule has 1 aromatic heterocycles. The van der Waals surface area contributed by atoms with Gasteiger partial charge in [0.05, 0.1) is 5.56 Å². The highest BCUT2D eigenvalue weighted by molar-refractivity contribution is 6.01. The van der Waals surface area contributed by atoms with Crippen molar-refractivity contribution in [1.29, 1.82) is 0 Å². The number of unbranched alkanes of at least 4 members (excludes halogenated alkanes) is 3. The smallest absolute Gasteiger partial charge is 0.303 e. The summed E-state index contributed by atoms with van der Waals surface area (Å²) >= 11 is 0. The largest absolute Gasteiger partial charge is 0.481 e. The van der Waals surface area contributed by atoms with E-state index in [0.29, 0.717) is 24.3 Å². The summed E-state index contributed by atoms with van der Waals surface area (Å²) in [6.45, 7) is 4.33. The third kappa shape index (κ3) is 5.21. The number of nitrogens with one attached hydrogen (secondary N) is 1. The second-order valence-corrected chi connectivity index (χ2v) is 6.17. The van der Waals surface area contributed by atoms with Crippen LogP contribution in [-0.2, 0) is 4.79 Å². The molecule has 1 aromatic carbocycles. The summed E-state index contributed by atoms with van der Waals surface area (Å²) in [4.78, 5) is 23.1. The quantitative estimate of drug-likeness (QED) is 0.664. The Kier molecular flexibility index (Phi) is 6.81. The molecule has 0 bridgehead atoms. The zero-order valence-electron chi connectivity index (χ0n) is 14.8. The van der Waals surface area contributed by atoms with Crippen molar-refractivity contribution in [1.82, 2.24) is 5.32 Å². The van der Waals surface area contributed by atoms with Gasteiger partial charge in [-0.3, -0.25) is 9.59 Å². The molecular formula is C20H25NO4. The van der Waals surface area contributed by atoms with Gasteiger partial charge in [0.2, 0.25) is 0 Å². The Balaban J connectivity index is 1.92. The summed E-state index contributed by atoms with van der Waals surface area (Å²) in [6, 6.07) is 9.62. The molecule has 1 heterocycles. The van der Waals surface area contributed by atoms with Crippen LogP contribution in [-0.4, -0.2) is 23.5 Å². The van der Waals surface area contributed by atoms with Crippen LogP contribution >= 0.6 is 0 Å². The minimum absolute atomic E-state index is 0.126. The Bertz CT molecular complexity index is 719. The normalized spacial score (nSPS) is 10.6. The van der Waals surface area contributed by atoms with E-state index >= 15 is 0 Å². The number of furan rings is 1. The van der Waals surface area contributed by atoms with Gasteiger partial charge in [0, 0.05) is 24.1 Å². The van der Waals surface area contributed by atoms with Crippen LogP contribution < -0.4 is 5.32 Å². The zero-order chi connectivity index (χ0) is 18.2. The van der Waals surface area contributed by atoms with Gasteiger partial charge in [0.25, 0.3) is 5.91 Å². The molecule has 0 unspecified atom stereocenters. The minimum Gasteiger partial charge on any atom is -0.481 e. The first-order chi connectivity index (χ1) is 12.0. The van der Waals surface area contributed by atoms with E-state index in [1.807, 2.05) is 44.2 Å². The van der Waals surface area contributed by atoms with Crippen molar-refractivity contribution in [2.45, 2.75) is 46.0 Å². The van der Waals surface area contributed by atoms with Crippen molar-refractivity contribution in [3.05, 3.63) is 47.2 Å². The molecule has 5 heteroatoms. The maximum absolute atomic E-state index is 12.6. The van der Waals surface area contributed by atoms with Crippen LogP contribution in [0.2, 0.25) is 0 Å².